The molecule has 0 fully saturated rings. The molecule has 0 bridgehead atoms. The number of aryl methyl sites for hydroxylation is 1. The van der Waals surface area contributed by atoms with Crippen LogP contribution in [0.15, 0.2) is 64.2 Å². The van der Waals surface area contributed by atoms with E-state index in [-0.39, 0.29) is 12.4 Å². The van der Waals surface area contributed by atoms with E-state index in [1.807, 2.05) is 12.1 Å². The average Bonchev–Trinajstić information content (AvgIpc) is 3.16. The van der Waals surface area contributed by atoms with Crippen molar-refractivity contribution in [3.63, 3.8) is 0 Å². The number of aliphatic hydroxyl groups is 1. The van der Waals surface area contributed by atoms with Crippen LogP contribution in [-0.2, 0) is 13.0 Å². The van der Waals surface area contributed by atoms with Crippen molar-refractivity contribution in [1.29, 1.82) is 0 Å². The van der Waals surface area contributed by atoms with Gasteiger partial charge in [0.2, 0.25) is 5.89 Å². The zero-order valence-electron chi connectivity index (χ0n) is 15.4. The molecule has 0 radical (unpaired) electrons. The minimum absolute atomic E-state index is 0.236. The van der Waals surface area contributed by atoms with Crippen LogP contribution in [0, 0.1) is 5.82 Å². The zero-order valence-corrected chi connectivity index (χ0v) is 17.0. The van der Waals surface area contributed by atoms with Crippen LogP contribution in [-0.4, -0.2) is 16.7 Å². The van der Waals surface area contributed by atoms with Gasteiger partial charge in [-0.1, -0.05) is 40.7 Å². The number of aromatic nitrogens is 1. The molecule has 2 N–H and O–H groups in total. The molecule has 0 atom stereocenters. The summed E-state index contributed by atoms with van der Waals surface area (Å²) >= 11 is 3.24. The third-order valence-electron chi connectivity index (χ3n) is 4.37. The summed E-state index contributed by atoms with van der Waals surface area (Å²) in [4.78, 5) is 4.40. The van der Waals surface area contributed by atoms with Crippen molar-refractivity contribution >= 4 is 27.2 Å². The van der Waals surface area contributed by atoms with E-state index in [2.05, 4.69) is 44.9 Å². The summed E-state index contributed by atoms with van der Waals surface area (Å²) < 4.78 is 20.3. The molecule has 2 aromatic carbocycles. The molecule has 0 aliphatic heterocycles. The molecule has 0 unspecified atom stereocenters. The zero-order chi connectivity index (χ0) is 19.9. The van der Waals surface area contributed by atoms with Crippen LogP contribution in [0.2, 0.25) is 0 Å². The van der Waals surface area contributed by atoms with Crippen LogP contribution in [0.1, 0.15) is 35.6 Å². The first-order valence-electron chi connectivity index (χ1n) is 9.09. The molecule has 0 saturated heterocycles. The van der Waals surface area contributed by atoms with Crippen LogP contribution in [0.4, 0.5) is 10.1 Å². The normalized spacial score (nSPS) is 10.8. The van der Waals surface area contributed by atoms with Crippen molar-refractivity contribution in [3.8, 4) is 0 Å². The second kappa shape index (κ2) is 9.66. The molecular weight excluding hydrogens is 423 g/mol. The van der Waals surface area contributed by atoms with Gasteiger partial charge in [0, 0.05) is 27.9 Å². The van der Waals surface area contributed by atoms with Crippen molar-refractivity contribution in [2.75, 3.05) is 11.9 Å². The van der Waals surface area contributed by atoms with E-state index in [0.717, 1.165) is 24.9 Å². The van der Waals surface area contributed by atoms with Crippen molar-refractivity contribution in [1.82, 2.24) is 4.98 Å². The van der Waals surface area contributed by atoms with Gasteiger partial charge in [-0.25, -0.2) is 9.37 Å². The van der Waals surface area contributed by atoms with Gasteiger partial charge in [0.1, 0.15) is 12.1 Å². The van der Waals surface area contributed by atoms with Gasteiger partial charge in [0.05, 0.1) is 12.2 Å². The SMILES string of the molecule is C=C(c1nc(CNc2ccc(CCCCO)cc2)co1)c1ccc(Br)cc1F. The van der Waals surface area contributed by atoms with Gasteiger partial charge in [-0.2, -0.15) is 0 Å². The van der Waals surface area contributed by atoms with E-state index >= 15 is 0 Å². The van der Waals surface area contributed by atoms with Crippen LogP contribution >= 0.6 is 15.9 Å². The Hall–Kier alpha value is -2.44. The summed E-state index contributed by atoms with van der Waals surface area (Å²) in [5.41, 5.74) is 3.70. The number of nitrogens with one attached hydrogen (secondary N) is 1. The molecule has 146 valence electrons. The fourth-order valence-electron chi connectivity index (χ4n) is 2.80. The van der Waals surface area contributed by atoms with Gasteiger partial charge < -0.3 is 14.8 Å². The first-order chi connectivity index (χ1) is 13.6. The van der Waals surface area contributed by atoms with E-state index < -0.39 is 0 Å². The van der Waals surface area contributed by atoms with E-state index in [0.29, 0.717) is 33.7 Å². The topological polar surface area (TPSA) is 58.3 Å². The second-order valence-electron chi connectivity index (χ2n) is 6.48. The summed E-state index contributed by atoms with van der Waals surface area (Å²) in [6.07, 6.45) is 4.31. The third-order valence-corrected chi connectivity index (χ3v) is 4.86. The number of rotatable bonds is 9. The van der Waals surface area contributed by atoms with Gasteiger partial charge >= 0.3 is 0 Å². The molecule has 4 nitrogen and oxygen atoms in total. The minimum atomic E-state index is -0.378. The van der Waals surface area contributed by atoms with Crippen LogP contribution < -0.4 is 5.32 Å². The highest BCUT2D eigenvalue weighted by Gasteiger charge is 2.14. The molecular formula is C22H22BrFN2O2. The van der Waals surface area contributed by atoms with E-state index in [9.17, 15) is 4.39 Å². The highest BCUT2D eigenvalue weighted by atomic mass is 79.9. The quantitative estimate of drug-likeness (QED) is 0.423. The molecule has 0 amide bonds. The number of hydrogen-bond acceptors (Lipinski definition) is 4. The van der Waals surface area contributed by atoms with Crippen LogP contribution in [0.5, 0.6) is 0 Å². The average molecular weight is 445 g/mol. The predicted octanol–water partition coefficient (Wildman–Crippen LogP) is 5.56. The molecule has 1 heterocycles. The Morgan fingerprint density at radius 2 is 1.96 bits per heavy atom. The molecule has 6 heteroatoms. The fourth-order valence-corrected chi connectivity index (χ4v) is 3.13. The highest BCUT2D eigenvalue weighted by molar-refractivity contribution is 9.10. The Balaban J connectivity index is 1.58. The van der Waals surface area contributed by atoms with E-state index in [4.69, 9.17) is 9.52 Å². The fraction of sp³-hybridized carbons (Fsp3) is 0.227. The monoisotopic (exact) mass is 444 g/mol. The number of oxazole rings is 1. The number of hydrogen-bond donors (Lipinski definition) is 2. The highest BCUT2D eigenvalue weighted by Crippen LogP contribution is 2.26. The van der Waals surface area contributed by atoms with Gasteiger partial charge in [0.25, 0.3) is 0 Å². The Morgan fingerprint density at radius 1 is 1.18 bits per heavy atom. The molecule has 0 aliphatic carbocycles. The number of anilines is 1. The summed E-state index contributed by atoms with van der Waals surface area (Å²) in [5, 5.41) is 12.1. The number of aliphatic hydroxyl groups excluding tert-OH is 1. The summed E-state index contributed by atoms with van der Waals surface area (Å²) in [6, 6.07) is 13.0. The van der Waals surface area contributed by atoms with Gasteiger partial charge in [-0.05, 0) is 49.1 Å². The molecule has 1 aromatic heterocycles. The molecule has 0 aliphatic rings. The lowest BCUT2D eigenvalue weighted by molar-refractivity contribution is 0.284. The predicted molar refractivity (Wildman–Crippen MR) is 113 cm³/mol. The van der Waals surface area contributed by atoms with Crippen molar-refractivity contribution in [2.45, 2.75) is 25.8 Å². The summed E-state index contributed by atoms with van der Waals surface area (Å²) in [5.74, 6) is -0.0754. The second-order valence-corrected chi connectivity index (χ2v) is 7.39. The maximum Gasteiger partial charge on any atom is 0.226 e. The van der Waals surface area contributed by atoms with Crippen molar-refractivity contribution in [3.05, 3.63) is 88.3 Å². The summed E-state index contributed by atoms with van der Waals surface area (Å²) in [6.45, 7) is 4.64. The molecule has 0 saturated carbocycles. The number of nitrogens with zero attached hydrogens (tertiary/aromatic N) is 1. The third kappa shape index (κ3) is 5.30. The van der Waals surface area contributed by atoms with Gasteiger partial charge in [0.15, 0.2) is 0 Å². The first kappa shape index (κ1) is 20.3. The van der Waals surface area contributed by atoms with Gasteiger partial charge in [-0.15, -0.1) is 0 Å². The number of halogens is 2. The molecule has 28 heavy (non-hydrogen) atoms. The van der Waals surface area contributed by atoms with E-state index in [1.54, 1.807) is 18.4 Å². The lowest BCUT2D eigenvalue weighted by Gasteiger charge is -2.06. The Labute approximate surface area is 172 Å². The number of unbranched alkanes of at least 4 members (excludes halogenated alkanes) is 1. The van der Waals surface area contributed by atoms with Gasteiger partial charge in [-0.3, -0.25) is 0 Å². The lowest BCUT2D eigenvalue weighted by Crippen LogP contribution is -2.00. The summed E-state index contributed by atoms with van der Waals surface area (Å²) in [7, 11) is 0. The Bertz CT molecular complexity index is 938. The maximum absolute atomic E-state index is 14.1. The number of benzene rings is 2. The molecule has 0 spiro atoms. The molecule has 3 rings (SSSR count). The maximum atomic E-state index is 14.1. The van der Waals surface area contributed by atoms with Crippen molar-refractivity contribution in [2.24, 2.45) is 0 Å². The standard InChI is InChI=1S/C22H22BrFN2O2/c1-15(20-10-7-17(23)12-21(20)24)22-26-19(14-28-22)13-25-18-8-5-16(6-9-18)4-2-3-11-27/h5-10,12,14,25,27H,1-4,11,13H2. The molecule has 3 aromatic rings. The van der Waals surface area contributed by atoms with Crippen LogP contribution in [0.3, 0.4) is 0 Å². The van der Waals surface area contributed by atoms with E-state index in [1.165, 1.54) is 11.6 Å². The Morgan fingerprint density at radius 3 is 2.68 bits per heavy atom. The Kier molecular flexibility index (Phi) is 7.01. The minimum Gasteiger partial charge on any atom is -0.444 e. The largest absolute Gasteiger partial charge is 0.444 e. The lowest BCUT2D eigenvalue weighted by atomic mass is 10.1. The van der Waals surface area contributed by atoms with Crippen LogP contribution in [0.25, 0.3) is 5.57 Å². The first-order valence-corrected chi connectivity index (χ1v) is 9.89. The smallest absolute Gasteiger partial charge is 0.226 e. The van der Waals surface area contributed by atoms with Crippen molar-refractivity contribution < 1.29 is 13.9 Å².